The minimum atomic E-state index is -0.916. The van der Waals surface area contributed by atoms with Gasteiger partial charge in [-0.25, -0.2) is 0 Å². The molecule has 39 heavy (non-hydrogen) atoms. The summed E-state index contributed by atoms with van der Waals surface area (Å²) in [6.07, 6.45) is 6.69. The SMILES string of the molecule is CN(C)c1ccc([C@H]2C[C@@]3(C)[C@@H](CC[C@@]3(O)CCO)[C@@H]3CC[C@@]4(O)CC5(CCC4=C32)OCC(C)(C)CO5)cc1. The summed E-state index contributed by atoms with van der Waals surface area (Å²) in [5, 5.41) is 34.2. The first-order chi connectivity index (χ1) is 18.3. The fourth-order valence-corrected chi connectivity index (χ4v) is 9.25. The first-order valence-electron chi connectivity index (χ1n) is 15.2. The predicted octanol–water partition coefficient (Wildman–Crippen LogP) is 5.16. The van der Waals surface area contributed by atoms with Crippen molar-refractivity contribution in [3.63, 3.8) is 0 Å². The van der Waals surface area contributed by atoms with Crippen molar-refractivity contribution in [2.24, 2.45) is 22.7 Å². The number of benzene rings is 1. The van der Waals surface area contributed by atoms with E-state index in [4.69, 9.17) is 9.47 Å². The monoisotopic (exact) mass is 539 g/mol. The summed E-state index contributed by atoms with van der Waals surface area (Å²) >= 11 is 0. The van der Waals surface area contributed by atoms with E-state index in [1.807, 2.05) is 0 Å². The standard InChI is InChI=1S/C33H49NO5/c1-29(2)20-38-33(39-21-29)15-12-27-28-24(10-13-31(27,36)19-33)26-11-14-32(37,16-17-35)30(26,3)18-25(28)22-6-8-23(9-7-22)34(4)5/h6-9,24-26,35-37H,10-21H2,1-5H3/t24-,25+,26-,30-,31+,32+/m0/s1. The molecule has 4 aliphatic carbocycles. The molecule has 1 spiro atoms. The van der Waals surface area contributed by atoms with Gasteiger partial charge in [0.15, 0.2) is 5.79 Å². The summed E-state index contributed by atoms with van der Waals surface area (Å²) in [6.45, 7) is 7.94. The second kappa shape index (κ2) is 9.29. The molecule has 6 atom stereocenters. The Balaban J connectivity index is 1.42. The number of ether oxygens (including phenoxy) is 2. The van der Waals surface area contributed by atoms with Gasteiger partial charge in [0.25, 0.3) is 0 Å². The lowest BCUT2D eigenvalue weighted by atomic mass is 9.49. The van der Waals surface area contributed by atoms with Crippen LogP contribution in [0.2, 0.25) is 0 Å². The number of rotatable bonds is 4. The van der Waals surface area contributed by atoms with Crippen molar-refractivity contribution in [3.05, 3.63) is 41.0 Å². The summed E-state index contributed by atoms with van der Waals surface area (Å²) in [5.41, 5.74) is 3.04. The first-order valence-corrected chi connectivity index (χ1v) is 15.2. The molecule has 1 aromatic carbocycles. The smallest absolute Gasteiger partial charge is 0.171 e. The van der Waals surface area contributed by atoms with Crippen molar-refractivity contribution in [2.45, 2.75) is 101 Å². The van der Waals surface area contributed by atoms with Crippen LogP contribution in [0.3, 0.4) is 0 Å². The summed E-state index contributed by atoms with van der Waals surface area (Å²) in [5.74, 6) is 0.143. The van der Waals surface area contributed by atoms with Crippen LogP contribution in [0.1, 0.15) is 90.0 Å². The molecular formula is C33H49NO5. The normalized spacial score (nSPS) is 40.7. The van der Waals surface area contributed by atoms with Gasteiger partial charge < -0.3 is 29.7 Å². The molecule has 0 radical (unpaired) electrons. The molecule has 0 aromatic heterocycles. The van der Waals surface area contributed by atoms with E-state index in [1.165, 1.54) is 22.4 Å². The molecule has 1 aromatic rings. The van der Waals surface area contributed by atoms with Crippen LogP contribution in [-0.2, 0) is 9.47 Å². The maximum absolute atomic E-state index is 12.3. The van der Waals surface area contributed by atoms with Gasteiger partial charge in [-0.05, 0) is 80.1 Å². The summed E-state index contributed by atoms with van der Waals surface area (Å²) in [4.78, 5) is 2.12. The molecule has 3 N–H and O–H groups in total. The minimum absolute atomic E-state index is 0.00422. The van der Waals surface area contributed by atoms with Crippen LogP contribution < -0.4 is 4.90 Å². The Bertz CT molecular complexity index is 1120. The molecule has 216 valence electrons. The van der Waals surface area contributed by atoms with Gasteiger partial charge in [-0.15, -0.1) is 0 Å². The van der Waals surface area contributed by atoms with E-state index < -0.39 is 17.0 Å². The third kappa shape index (κ3) is 4.32. The third-order valence-electron chi connectivity index (χ3n) is 11.5. The molecule has 1 aliphatic heterocycles. The molecule has 0 bridgehead atoms. The van der Waals surface area contributed by atoms with E-state index in [2.05, 4.69) is 64.0 Å². The second-order valence-corrected chi connectivity index (χ2v) is 14.8. The van der Waals surface area contributed by atoms with Crippen molar-refractivity contribution >= 4 is 5.69 Å². The number of nitrogens with zero attached hydrogens (tertiary/aromatic N) is 1. The number of hydrogen-bond donors (Lipinski definition) is 3. The number of hydrogen-bond acceptors (Lipinski definition) is 6. The highest BCUT2D eigenvalue weighted by Gasteiger charge is 2.64. The molecule has 6 heteroatoms. The van der Waals surface area contributed by atoms with Crippen LogP contribution in [0.25, 0.3) is 0 Å². The van der Waals surface area contributed by atoms with Gasteiger partial charge >= 0.3 is 0 Å². The number of fused-ring (bicyclic) bond motifs is 4. The van der Waals surface area contributed by atoms with Crippen LogP contribution >= 0.6 is 0 Å². The molecule has 1 saturated heterocycles. The number of aliphatic hydroxyl groups is 3. The summed E-state index contributed by atoms with van der Waals surface area (Å²) in [7, 11) is 4.12. The van der Waals surface area contributed by atoms with Crippen LogP contribution in [0, 0.1) is 22.7 Å². The van der Waals surface area contributed by atoms with Gasteiger partial charge in [-0.2, -0.15) is 0 Å². The van der Waals surface area contributed by atoms with E-state index in [9.17, 15) is 15.3 Å². The molecule has 6 rings (SSSR count). The van der Waals surface area contributed by atoms with Crippen LogP contribution in [-0.4, -0.2) is 66.2 Å². The van der Waals surface area contributed by atoms with Crippen LogP contribution in [0.5, 0.6) is 0 Å². The first kappa shape index (κ1) is 27.7. The average molecular weight is 540 g/mol. The Kier molecular flexibility index (Phi) is 6.60. The van der Waals surface area contributed by atoms with E-state index in [-0.39, 0.29) is 23.4 Å². The lowest BCUT2D eigenvalue weighted by Crippen LogP contribution is -2.58. The number of anilines is 1. The zero-order chi connectivity index (χ0) is 27.8. The van der Waals surface area contributed by atoms with Crippen molar-refractivity contribution in [1.29, 1.82) is 0 Å². The van der Waals surface area contributed by atoms with E-state index in [1.54, 1.807) is 0 Å². The minimum Gasteiger partial charge on any atom is -0.396 e. The van der Waals surface area contributed by atoms with Gasteiger partial charge in [-0.3, -0.25) is 0 Å². The zero-order valence-corrected chi connectivity index (χ0v) is 24.6. The predicted molar refractivity (Wildman–Crippen MR) is 153 cm³/mol. The van der Waals surface area contributed by atoms with Crippen molar-refractivity contribution in [1.82, 2.24) is 0 Å². The molecule has 0 amide bonds. The van der Waals surface area contributed by atoms with Crippen molar-refractivity contribution in [3.8, 4) is 0 Å². The summed E-state index contributed by atoms with van der Waals surface area (Å²) in [6, 6.07) is 8.88. The van der Waals surface area contributed by atoms with Gasteiger partial charge in [-0.1, -0.05) is 38.5 Å². The van der Waals surface area contributed by atoms with E-state index in [0.717, 1.165) is 38.5 Å². The van der Waals surface area contributed by atoms with Gasteiger partial charge in [0.1, 0.15) is 0 Å². The van der Waals surface area contributed by atoms with Gasteiger partial charge in [0.05, 0.1) is 24.4 Å². The molecule has 1 heterocycles. The largest absolute Gasteiger partial charge is 0.396 e. The Labute approximate surface area is 234 Å². The highest BCUT2D eigenvalue weighted by atomic mass is 16.7. The average Bonchev–Trinajstić information content (AvgIpc) is 3.15. The lowest BCUT2D eigenvalue weighted by molar-refractivity contribution is -0.322. The zero-order valence-electron chi connectivity index (χ0n) is 24.6. The van der Waals surface area contributed by atoms with Crippen molar-refractivity contribution in [2.75, 3.05) is 38.8 Å². The maximum atomic E-state index is 12.3. The Morgan fingerprint density at radius 1 is 0.949 bits per heavy atom. The quantitative estimate of drug-likeness (QED) is 0.459. The number of allylic oxidation sites excluding steroid dienone is 1. The van der Waals surface area contributed by atoms with Crippen LogP contribution in [0.15, 0.2) is 35.4 Å². The Morgan fingerprint density at radius 2 is 1.64 bits per heavy atom. The molecule has 0 unspecified atom stereocenters. The van der Waals surface area contributed by atoms with Crippen LogP contribution in [0.4, 0.5) is 5.69 Å². The van der Waals surface area contributed by atoms with Gasteiger partial charge in [0.2, 0.25) is 0 Å². The fraction of sp³-hybridized carbons (Fsp3) is 0.758. The second-order valence-electron chi connectivity index (χ2n) is 14.8. The third-order valence-corrected chi connectivity index (χ3v) is 11.5. The topological polar surface area (TPSA) is 82.4 Å². The Morgan fingerprint density at radius 3 is 2.28 bits per heavy atom. The Hall–Kier alpha value is -1.44. The highest BCUT2D eigenvalue weighted by molar-refractivity contribution is 5.50. The van der Waals surface area contributed by atoms with Gasteiger partial charge in [0, 0.05) is 56.0 Å². The molecule has 4 fully saturated rings. The molecule has 5 aliphatic rings. The highest BCUT2D eigenvalue weighted by Crippen LogP contribution is 2.68. The molecule has 3 saturated carbocycles. The van der Waals surface area contributed by atoms with Crippen molar-refractivity contribution < 1.29 is 24.8 Å². The van der Waals surface area contributed by atoms with E-state index >= 15 is 0 Å². The number of aliphatic hydroxyl groups excluding tert-OH is 1. The lowest BCUT2D eigenvalue weighted by Gasteiger charge is -2.58. The fourth-order valence-electron chi connectivity index (χ4n) is 9.25. The van der Waals surface area contributed by atoms with E-state index in [0.29, 0.717) is 44.3 Å². The molecular weight excluding hydrogens is 490 g/mol. The summed E-state index contributed by atoms with van der Waals surface area (Å²) < 4.78 is 12.8. The maximum Gasteiger partial charge on any atom is 0.171 e. The molecule has 6 nitrogen and oxygen atoms in total.